The van der Waals surface area contributed by atoms with E-state index < -0.39 is 0 Å². The topological polar surface area (TPSA) is 73.6 Å². The molecule has 0 aliphatic heterocycles. The number of benzene rings is 2. The van der Waals surface area contributed by atoms with E-state index in [1.54, 1.807) is 0 Å². The predicted octanol–water partition coefficient (Wildman–Crippen LogP) is 6.79. The van der Waals surface area contributed by atoms with Gasteiger partial charge in [0, 0.05) is 20.8 Å². The SMILES string of the molecule is Cc1cc(C)c2[nH]c(O)c(N=Nc3nc(-c4ccc(Br)cc4)cs3)c2c1. The second kappa shape index (κ2) is 6.66. The minimum absolute atomic E-state index is 0.0159. The number of thiazole rings is 1. The highest BCUT2D eigenvalue weighted by molar-refractivity contribution is 9.10. The number of aryl methyl sites for hydroxylation is 2. The molecule has 0 saturated carbocycles. The van der Waals surface area contributed by atoms with E-state index in [9.17, 15) is 5.11 Å². The van der Waals surface area contributed by atoms with Gasteiger partial charge in [0.2, 0.25) is 11.0 Å². The fourth-order valence-corrected chi connectivity index (χ4v) is 3.79. The number of nitrogens with zero attached hydrogens (tertiary/aromatic N) is 3. The minimum atomic E-state index is 0.0159. The number of rotatable bonds is 3. The number of aromatic hydroxyl groups is 1. The molecule has 2 aromatic heterocycles. The first-order valence-electron chi connectivity index (χ1n) is 7.96. The molecule has 0 bridgehead atoms. The number of hydrogen-bond acceptors (Lipinski definition) is 5. The van der Waals surface area contributed by atoms with Crippen molar-refractivity contribution in [2.24, 2.45) is 10.2 Å². The average Bonchev–Trinajstić information content (AvgIpc) is 3.19. The quantitative estimate of drug-likeness (QED) is 0.353. The maximum atomic E-state index is 10.2. The Balaban J connectivity index is 1.68. The molecule has 0 unspecified atom stereocenters. The standard InChI is InChI=1S/C19H15BrN4OS/c1-10-7-11(2)16-14(8-10)17(18(25)22-16)23-24-19-21-15(9-26-19)12-3-5-13(20)6-4-12/h3-9,22,25H,1-2H3. The van der Waals surface area contributed by atoms with Gasteiger partial charge in [-0.2, -0.15) is 0 Å². The normalized spacial score (nSPS) is 11.7. The highest BCUT2D eigenvalue weighted by Gasteiger charge is 2.13. The van der Waals surface area contributed by atoms with Crippen molar-refractivity contribution in [1.29, 1.82) is 0 Å². The van der Waals surface area contributed by atoms with Crippen LogP contribution in [0.2, 0.25) is 0 Å². The van der Waals surface area contributed by atoms with E-state index in [-0.39, 0.29) is 5.88 Å². The van der Waals surface area contributed by atoms with Gasteiger partial charge in [0.25, 0.3) is 0 Å². The summed E-state index contributed by atoms with van der Waals surface area (Å²) >= 11 is 4.84. The van der Waals surface area contributed by atoms with E-state index >= 15 is 0 Å². The van der Waals surface area contributed by atoms with Gasteiger partial charge >= 0.3 is 0 Å². The minimum Gasteiger partial charge on any atom is -0.493 e. The van der Waals surface area contributed by atoms with Crippen LogP contribution in [0, 0.1) is 13.8 Å². The Morgan fingerprint density at radius 1 is 1.12 bits per heavy atom. The van der Waals surface area contributed by atoms with Crippen molar-refractivity contribution in [3.63, 3.8) is 0 Å². The van der Waals surface area contributed by atoms with Crippen LogP contribution in [0.5, 0.6) is 5.88 Å². The van der Waals surface area contributed by atoms with Crippen LogP contribution in [0.1, 0.15) is 11.1 Å². The van der Waals surface area contributed by atoms with Crippen LogP contribution in [0.3, 0.4) is 0 Å². The zero-order valence-corrected chi connectivity index (χ0v) is 16.5. The highest BCUT2D eigenvalue weighted by Crippen LogP contribution is 2.38. The fraction of sp³-hybridized carbons (Fsp3) is 0.105. The molecule has 0 amide bonds. The van der Waals surface area contributed by atoms with E-state index in [0.717, 1.165) is 37.8 Å². The third-order valence-corrected chi connectivity index (χ3v) is 5.32. The molecular formula is C19H15BrN4OS. The van der Waals surface area contributed by atoms with E-state index in [1.165, 1.54) is 11.3 Å². The molecule has 2 heterocycles. The van der Waals surface area contributed by atoms with Crippen molar-refractivity contribution < 1.29 is 5.11 Å². The predicted molar refractivity (Wildman–Crippen MR) is 109 cm³/mol. The summed E-state index contributed by atoms with van der Waals surface area (Å²) in [5, 5.41) is 22.0. The second-order valence-electron chi connectivity index (χ2n) is 6.05. The molecule has 5 nitrogen and oxygen atoms in total. The number of halogens is 1. The van der Waals surface area contributed by atoms with Crippen LogP contribution in [0.15, 0.2) is 56.5 Å². The van der Waals surface area contributed by atoms with Crippen LogP contribution < -0.4 is 0 Å². The molecule has 26 heavy (non-hydrogen) atoms. The first kappa shape index (κ1) is 16.9. The summed E-state index contributed by atoms with van der Waals surface area (Å²) in [5.74, 6) is 0.0159. The fourth-order valence-electron chi connectivity index (χ4n) is 2.88. The zero-order chi connectivity index (χ0) is 18.3. The van der Waals surface area contributed by atoms with Gasteiger partial charge in [0.05, 0.1) is 11.2 Å². The third kappa shape index (κ3) is 3.15. The first-order chi connectivity index (χ1) is 12.5. The lowest BCUT2D eigenvalue weighted by Gasteiger charge is -1.98. The largest absolute Gasteiger partial charge is 0.493 e. The van der Waals surface area contributed by atoms with Crippen molar-refractivity contribution in [2.75, 3.05) is 0 Å². The summed E-state index contributed by atoms with van der Waals surface area (Å²) in [4.78, 5) is 7.48. The van der Waals surface area contributed by atoms with Crippen LogP contribution in [-0.4, -0.2) is 15.1 Å². The lowest BCUT2D eigenvalue weighted by atomic mass is 10.1. The molecule has 130 valence electrons. The molecule has 0 radical (unpaired) electrons. The Kier molecular flexibility index (Phi) is 4.34. The van der Waals surface area contributed by atoms with E-state index in [0.29, 0.717) is 10.8 Å². The lowest BCUT2D eigenvalue weighted by Crippen LogP contribution is -1.78. The number of aromatic nitrogens is 2. The molecule has 4 aromatic rings. The van der Waals surface area contributed by atoms with Gasteiger partial charge in [-0.05, 0) is 37.6 Å². The van der Waals surface area contributed by atoms with Crippen molar-refractivity contribution in [3.8, 4) is 17.1 Å². The van der Waals surface area contributed by atoms with E-state index in [4.69, 9.17) is 0 Å². The van der Waals surface area contributed by atoms with Crippen molar-refractivity contribution in [1.82, 2.24) is 9.97 Å². The van der Waals surface area contributed by atoms with Gasteiger partial charge in [-0.1, -0.05) is 39.7 Å². The van der Waals surface area contributed by atoms with Crippen molar-refractivity contribution >= 4 is 49.0 Å². The average molecular weight is 427 g/mol. The summed E-state index contributed by atoms with van der Waals surface area (Å²) in [5.41, 5.74) is 5.35. The monoisotopic (exact) mass is 426 g/mol. The summed E-state index contributed by atoms with van der Waals surface area (Å²) in [6.07, 6.45) is 0. The zero-order valence-electron chi connectivity index (χ0n) is 14.1. The summed E-state index contributed by atoms with van der Waals surface area (Å²) in [6, 6.07) is 12.0. The molecule has 0 aliphatic rings. The molecule has 7 heteroatoms. The Morgan fingerprint density at radius 3 is 2.65 bits per heavy atom. The van der Waals surface area contributed by atoms with Gasteiger partial charge in [0.15, 0.2) is 5.69 Å². The first-order valence-corrected chi connectivity index (χ1v) is 9.63. The smallest absolute Gasteiger partial charge is 0.230 e. The van der Waals surface area contributed by atoms with Gasteiger partial charge < -0.3 is 10.1 Å². The Bertz CT molecular complexity index is 1130. The number of aromatic amines is 1. The molecule has 0 fully saturated rings. The number of azo groups is 1. The molecule has 0 spiro atoms. The number of H-pyrrole nitrogens is 1. The van der Waals surface area contributed by atoms with Gasteiger partial charge in [-0.15, -0.1) is 21.6 Å². The molecular weight excluding hydrogens is 412 g/mol. The molecule has 4 rings (SSSR count). The molecule has 0 saturated heterocycles. The molecule has 2 N–H and O–H groups in total. The molecule has 0 aliphatic carbocycles. The Hall–Kier alpha value is -2.51. The summed E-state index contributed by atoms with van der Waals surface area (Å²) in [7, 11) is 0. The number of nitrogens with one attached hydrogen (secondary N) is 1. The van der Waals surface area contributed by atoms with Crippen molar-refractivity contribution in [3.05, 3.63) is 57.4 Å². The highest BCUT2D eigenvalue weighted by atomic mass is 79.9. The number of hydrogen-bond donors (Lipinski definition) is 2. The van der Waals surface area contributed by atoms with Crippen LogP contribution in [0.25, 0.3) is 22.2 Å². The van der Waals surface area contributed by atoms with Crippen LogP contribution in [0.4, 0.5) is 10.8 Å². The second-order valence-corrected chi connectivity index (χ2v) is 7.80. The summed E-state index contributed by atoms with van der Waals surface area (Å²) in [6.45, 7) is 4.01. The maximum Gasteiger partial charge on any atom is 0.230 e. The Labute approximate surface area is 162 Å². The van der Waals surface area contributed by atoms with E-state index in [2.05, 4.69) is 42.2 Å². The third-order valence-electron chi connectivity index (χ3n) is 4.07. The van der Waals surface area contributed by atoms with Gasteiger partial charge in [-0.25, -0.2) is 4.98 Å². The number of fused-ring (bicyclic) bond motifs is 1. The van der Waals surface area contributed by atoms with Crippen LogP contribution in [-0.2, 0) is 0 Å². The van der Waals surface area contributed by atoms with Gasteiger partial charge in [0.1, 0.15) is 0 Å². The van der Waals surface area contributed by atoms with Gasteiger partial charge in [-0.3, -0.25) is 0 Å². The lowest BCUT2D eigenvalue weighted by molar-refractivity contribution is 0.459. The van der Waals surface area contributed by atoms with E-state index in [1.807, 2.05) is 49.6 Å². The Morgan fingerprint density at radius 2 is 1.88 bits per heavy atom. The maximum absolute atomic E-state index is 10.2. The summed E-state index contributed by atoms with van der Waals surface area (Å²) < 4.78 is 1.02. The molecule has 0 atom stereocenters. The van der Waals surface area contributed by atoms with Crippen LogP contribution >= 0.6 is 27.3 Å². The molecule has 2 aromatic carbocycles. The van der Waals surface area contributed by atoms with Crippen molar-refractivity contribution in [2.45, 2.75) is 13.8 Å².